The van der Waals surface area contributed by atoms with Crippen molar-refractivity contribution in [2.24, 2.45) is 0 Å². The van der Waals surface area contributed by atoms with E-state index in [9.17, 15) is 13.2 Å². The topological polar surface area (TPSA) is 98.4 Å². The summed E-state index contributed by atoms with van der Waals surface area (Å²) >= 11 is 0. The average molecular weight is 604 g/mol. The third-order valence-corrected chi connectivity index (χ3v) is 9.07. The third-order valence-electron chi connectivity index (χ3n) is 7.68. The van der Waals surface area contributed by atoms with Gasteiger partial charge in [0.25, 0.3) is 15.9 Å². The molecular formula is C35H33N5O3S. The third kappa shape index (κ3) is 5.78. The van der Waals surface area contributed by atoms with E-state index in [1.807, 2.05) is 53.9 Å². The molecule has 0 spiro atoms. The molecule has 0 aliphatic rings. The molecule has 6 rings (SSSR count). The number of carbonyl (C=O) groups is 1. The fourth-order valence-electron chi connectivity index (χ4n) is 5.35. The molecule has 0 radical (unpaired) electrons. The highest BCUT2D eigenvalue weighted by molar-refractivity contribution is 7.90. The van der Waals surface area contributed by atoms with Crippen molar-refractivity contribution < 1.29 is 13.2 Å². The Kier molecular flexibility index (Phi) is 8.13. The van der Waals surface area contributed by atoms with Crippen LogP contribution in [0.15, 0.2) is 114 Å². The average Bonchev–Trinajstić information content (AvgIpc) is 3.56. The predicted molar refractivity (Wildman–Crippen MR) is 172 cm³/mol. The number of hydrogen-bond donors (Lipinski definition) is 1. The largest absolute Gasteiger partial charge is 0.292 e. The van der Waals surface area contributed by atoms with Gasteiger partial charge in [0.2, 0.25) is 5.78 Å². The van der Waals surface area contributed by atoms with E-state index < -0.39 is 15.9 Å². The summed E-state index contributed by atoms with van der Waals surface area (Å²) in [6.45, 7) is 4.79. The summed E-state index contributed by atoms with van der Waals surface area (Å²) in [4.78, 5) is 17.7. The zero-order chi connectivity index (χ0) is 30.7. The first-order valence-electron chi connectivity index (χ1n) is 14.7. The van der Waals surface area contributed by atoms with Crippen LogP contribution in [-0.2, 0) is 23.0 Å². The molecule has 0 saturated heterocycles. The zero-order valence-electron chi connectivity index (χ0n) is 24.6. The Morgan fingerprint density at radius 1 is 0.818 bits per heavy atom. The van der Waals surface area contributed by atoms with Crippen molar-refractivity contribution in [1.82, 2.24) is 23.9 Å². The second-order valence-electron chi connectivity index (χ2n) is 10.7. The molecule has 1 N–H and O–H groups in total. The smallest absolute Gasteiger partial charge is 0.264 e. The van der Waals surface area contributed by atoms with E-state index in [0.29, 0.717) is 12.1 Å². The normalized spacial score (nSPS) is 11.6. The van der Waals surface area contributed by atoms with Gasteiger partial charge in [0.15, 0.2) is 0 Å². The van der Waals surface area contributed by atoms with Crippen LogP contribution in [0.2, 0.25) is 0 Å². The van der Waals surface area contributed by atoms with Crippen LogP contribution in [0.1, 0.15) is 47.2 Å². The van der Waals surface area contributed by atoms with Crippen LogP contribution in [-0.4, -0.2) is 33.5 Å². The van der Waals surface area contributed by atoms with Gasteiger partial charge in [-0.05, 0) is 42.7 Å². The number of carbonyl (C=O) groups excluding carboxylic acids is 1. The maximum atomic E-state index is 13.3. The molecule has 4 aromatic carbocycles. The van der Waals surface area contributed by atoms with E-state index in [-0.39, 0.29) is 10.5 Å². The number of hydrogen-bond acceptors (Lipinski definition) is 5. The molecule has 44 heavy (non-hydrogen) atoms. The number of benzene rings is 4. The second kappa shape index (κ2) is 12.3. The van der Waals surface area contributed by atoms with Crippen LogP contribution in [0.5, 0.6) is 0 Å². The Hall–Kier alpha value is -5.02. The number of nitrogens with zero attached hydrogens (tertiary/aromatic N) is 4. The van der Waals surface area contributed by atoms with E-state index in [2.05, 4.69) is 28.3 Å². The zero-order valence-corrected chi connectivity index (χ0v) is 25.5. The first-order chi connectivity index (χ1) is 21.4. The van der Waals surface area contributed by atoms with Gasteiger partial charge in [-0.2, -0.15) is 5.10 Å². The van der Waals surface area contributed by atoms with Crippen LogP contribution < -0.4 is 4.72 Å². The van der Waals surface area contributed by atoms with Crippen molar-refractivity contribution in [3.8, 4) is 22.4 Å². The number of amides is 1. The molecule has 0 aliphatic carbocycles. The first kappa shape index (κ1) is 29.1. The number of nitrogens with one attached hydrogen (secondary N) is 1. The number of aromatic nitrogens is 4. The Bertz CT molecular complexity index is 2030. The van der Waals surface area contributed by atoms with E-state index in [4.69, 9.17) is 10.1 Å². The molecule has 0 unspecified atom stereocenters. The van der Waals surface area contributed by atoms with Crippen LogP contribution in [0, 0.1) is 6.92 Å². The minimum atomic E-state index is -4.12. The van der Waals surface area contributed by atoms with Gasteiger partial charge in [0.05, 0.1) is 22.8 Å². The van der Waals surface area contributed by atoms with Gasteiger partial charge in [-0.3, -0.25) is 9.36 Å². The molecule has 0 aliphatic heterocycles. The molecule has 2 aromatic heterocycles. The maximum Gasteiger partial charge on any atom is 0.264 e. The summed E-state index contributed by atoms with van der Waals surface area (Å²) in [5.74, 6) is 1.10. The molecular weight excluding hydrogens is 570 g/mol. The summed E-state index contributed by atoms with van der Waals surface area (Å²) in [5.41, 5.74) is 5.51. The number of rotatable bonds is 10. The monoisotopic (exact) mass is 603 g/mol. The lowest BCUT2D eigenvalue weighted by Gasteiger charge is -2.13. The number of fused-ring (bicyclic) bond motifs is 1. The predicted octanol–water partition coefficient (Wildman–Crippen LogP) is 6.68. The molecule has 0 fully saturated rings. The lowest BCUT2D eigenvalue weighted by Crippen LogP contribution is -2.30. The molecule has 0 saturated carbocycles. The van der Waals surface area contributed by atoms with E-state index in [1.165, 1.54) is 6.07 Å². The molecule has 9 heteroatoms. The van der Waals surface area contributed by atoms with E-state index in [1.54, 1.807) is 48.5 Å². The quantitative estimate of drug-likeness (QED) is 0.188. The molecule has 8 nitrogen and oxygen atoms in total. The first-order valence-corrected chi connectivity index (χ1v) is 16.1. The van der Waals surface area contributed by atoms with Crippen molar-refractivity contribution in [2.75, 3.05) is 0 Å². The van der Waals surface area contributed by atoms with Crippen LogP contribution >= 0.6 is 0 Å². The number of imidazole rings is 1. The Morgan fingerprint density at radius 2 is 1.48 bits per heavy atom. The molecule has 222 valence electrons. The van der Waals surface area contributed by atoms with Gasteiger partial charge >= 0.3 is 0 Å². The highest BCUT2D eigenvalue weighted by atomic mass is 32.2. The summed E-state index contributed by atoms with van der Waals surface area (Å²) in [7, 11) is -4.12. The van der Waals surface area contributed by atoms with Crippen molar-refractivity contribution in [3.63, 3.8) is 0 Å². The highest BCUT2D eigenvalue weighted by Crippen LogP contribution is 2.29. The minimum Gasteiger partial charge on any atom is -0.292 e. The summed E-state index contributed by atoms with van der Waals surface area (Å²) in [6, 6.07) is 32.9. The molecule has 6 aromatic rings. The second-order valence-corrected chi connectivity index (χ2v) is 12.4. The molecule has 0 atom stereocenters. The molecule has 2 heterocycles. The maximum absolute atomic E-state index is 13.3. The molecule has 0 bridgehead atoms. The highest BCUT2D eigenvalue weighted by Gasteiger charge is 2.23. The van der Waals surface area contributed by atoms with Crippen LogP contribution in [0.25, 0.3) is 28.2 Å². The lowest BCUT2D eigenvalue weighted by atomic mass is 10.0. The Balaban J connectivity index is 1.30. The molecule has 1 amide bonds. The number of unbranched alkanes of at least 4 members (excludes halogenated alkanes) is 1. The van der Waals surface area contributed by atoms with Crippen molar-refractivity contribution in [2.45, 2.75) is 44.6 Å². The Labute approximate surface area is 257 Å². The lowest BCUT2D eigenvalue weighted by molar-refractivity contribution is 0.0981. The van der Waals surface area contributed by atoms with Crippen molar-refractivity contribution >= 4 is 21.7 Å². The van der Waals surface area contributed by atoms with Gasteiger partial charge < -0.3 is 0 Å². The van der Waals surface area contributed by atoms with Crippen LogP contribution in [0.3, 0.4) is 0 Å². The van der Waals surface area contributed by atoms with E-state index in [0.717, 1.165) is 58.9 Å². The fourth-order valence-corrected chi connectivity index (χ4v) is 6.55. The Morgan fingerprint density at radius 3 is 2.18 bits per heavy atom. The van der Waals surface area contributed by atoms with Gasteiger partial charge in [0, 0.05) is 23.1 Å². The van der Waals surface area contributed by atoms with Gasteiger partial charge in [0.1, 0.15) is 5.82 Å². The SMILES string of the molecule is CCCCc1nn2c(C)c(-c3ccccc3)nc2n1Cc1ccc(-c2ccccc2S(=O)(=O)NC(=O)c2ccccc2)cc1. The number of sulfonamides is 1. The van der Waals surface area contributed by atoms with Crippen molar-refractivity contribution in [1.29, 1.82) is 0 Å². The summed E-state index contributed by atoms with van der Waals surface area (Å²) in [5, 5.41) is 4.96. The fraction of sp³-hybridized carbons (Fsp3) is 0.171. The van der Waals surface area contributed by atoms with Gasteiger partial charge in [-0.15, -0.1) is 0 Å². The summed E-state index contributed by atoms with van der Waals surface area (Å²) in [6.07, 6.45) is 2.93. The van der Waals surface area contributed by atoms with Gasteiger partial charge in [-0.1, -0.05) is 104 Å². The van der Waals surface area contributed by atoms with Crippen molar-refractivity contribution in [3.05, 3.63) is 132 Å². The van der Waals surface area contributed by atoms with E-state index >= 15 is 0 Å². The van der Waals surface area contributed by atoms with Gasteiger partial charge in [-0.25, -0.2) is 22.6 Å². The minimum absolute atomic E-state index is 0.0384. The summed E-state index contributed by atoms with van der Waals surface area (Å²) < 4.78 is 33.0. The number of aryl methyl sites for hydroxylation is 2. The van der Waals surface area contributed by atoms with Crippen LogP contribution in [0.4, 0.5) is 0 Å². The standard InChI is InChI=1S/C35H33N5O3S/c1-3-4-19-32-37-40-25(2)33(28-13-7-5-8-14-28)36-35(40)39(32)24-26-20-22-27(23-21-26)30-17-11-12-18-31(30)44(42,43)38-34(41)29-15-9-6-10-16-29/h5-18,20-23H,3-4,19,24H2,1-2H3,(H,38,41).